The lowest BCUT2D eigenvalue weighted by Crippen LogP contribution is -2.09. The van der Waals surface area contributed by atoms with Crippen molar-refractivity contribution in [2.75, 3.05) is 7.05 Å². The van der Waals surface area contributed by atoms with Gasteiger partial charge < -0.3 is 5.32 Å². The highest BCUT2D eigenvalue weighted by Crippen LogP contribution is 2.38. The number of pyridine rings is 1. The van der Waals surface area contributed by atoms with Crippen molar-refractivity contribution in [2.24, 2.45) is 0 Å². The molecule has 3 rings (SSSR count). The average Bonchev–Trinajstić information content (AvgIpc) is 3.10. The highest BCUT2D eigenvalue weighted by atomic mass is 15.3. The second-order valence-corrected chi connectivity index (χ2v) is 4.90. The van der Waals surface area contributed by atoms with Gasteiger partial charge in [-0.15, -0.1) is 0 Å². The molecule has 1 aliphatic carbocycles. The van der Waals surface area contributed by atoms with Crippen LogP contribution in [0.15, 0.2) is 24.4 Å². The molecule has 0 aromatic carbocycles. The van der Waals surface area contributed by atoms with Gasteiger partial charge in [-0.3, -0.25) is 0 Å². The van der Waals surface area contributed by atoms with Gasteiger partial charge in [-0.25, -0.2) is 9.67 Å². The van der Waals surface area contributed by atoms with Gasteiger partial charge in [-0.05, 0) is 44.5 Å². The Labute approximate surface area is 107 Å². The molecular formula is C14H18N4. The van der Waals surface area contributed by atoms with Crippen LogP contribution in [-0.2, 0) is 6.54 Å². The van der Waals surface area contributed by atoms with Gasteiger partial charge in [0.2, 0.25) is 0 Å². The van der Waals surface area contributed by atoms with Gasteiger partial charge in [0.15, 0.2) is 5.82 Å². The first-order valence-corrected chi connectivity index (χ1v) is 6.45. The van der Waals surface area contributed by atoms with Crippen molar-refractivity contribution in [3.8, 4) is 5.82 Å². The Bertz CT molecular complexity index is 555. The van der Waals surface area contributed by atoms with Crippen molar-refractivity contribution in [1.82, 2.24) is 20.1 Å². The van der Waals surface area contributed by atoms with Gasteiger partial charge in [-0.2, -0.15) is 5.10 Å². The van der Waals surface area contributed by atoms with E-state index in [1.54, 1.807) is 0 Å². The minimum absolute atomic E-state index is 0.691. The molecule has 1 fully saturated rings. The smallest absolute Gasteiger partial charge is 0.153 e. The first kappa shape index (κ1) is 11.4. The van der Waals surface area contributed by atoms with Crippen LogP contribution >= 0.6 is 0 Å². The molecule has 1 aliphatic rings. The third-order valence-corrected chi connectivity index (χ3v) is 3.39. The summed E-state index contributed by atoms with van der Waals surface area (Å²) in [5.41, 5.74) is 3.50. The Balaban J connectivity index is 1.88. The Morgan fingerprint density at radius 1 is 1.33 bits per heavy atom. The van der Waals surface area contributed by atoms with E-state index in [0.717, 1.165) is 18.1 Å². The molecule has 0 atom stereocenters. The van der Waals surface area contributed by atoms with Crippen LogP contribution in [-0.4, -0.2) is 21.8 Å². The zero-order valence-electron chi connectivity index (χ0n) is 10.8. The minimum atomic E-state index is 0.691. The Morgan fingerprint density at radius 2 is 2.17 bits per heavy atom. The number of hydrogen-bond donors (Lipinski definition) is 1. The molecule has 4 nitrogen and oxygen atoms in total. The Hall–Kier alpha value is -1.68. The molecule has 1 N–H and O–H groups in total. The zero-order chi connectivity index (χ0) is 12.5. The summed E-state index contributed by atoms with van der Waals surface area (Å²) in [5.74, 6) is 1.59. The summed E-state index contributed by atoms with van der Waals surface area (Å²) in [6, 6.07) is 6.26. The van der Waals surface area contributed by atoms with E-state index in [1.807, 2.05) is 30.9 Å². The summed E-state index contributed by atoms with van der Waals surface area (Å²) in [6.07, 6.45) is 4.57. The minimum Gasteiger partial charge on any atom is -0.316 e. The van der Waals surface area contributed by atoms with E-state index in [4.69, 9.17) is 0 Å². The zero-order valence-corrected chi connectivity index (χ0v) is 10.8. The van der Waals surface area contributed by atoms with Gasteiger partial charge in [0, 0.05) is 24.4 Å². The van der Waals surface area contributed by atoms with Gasteiger partial charge in [0.1, 0.15) is 0 Å². The molecular weight excluding hydrogens is 224 g/mol. The van der Waals surface area contributed by atoms with Crippen LogP contribution in [0.3, 0.4) is 0 Å². The molecule has 2 aromatic heterocycles. The summed E-state index contributed by atoms with van der Waals surface area (Å²) < 4.78 is 1.88. The van der Waals surface area contributed by atoms with Gasteiger partial charge >= 0.3 is 0 Å². The molecule has 94 valence electrons. The van der Waals surface area contributed by atoms with Crippen molar-refractivity contribution in [2.45, 2.75) is 32.2 Å². The summed E-state index contributed by atoms with van der Waals surface area (Å²) >= 11 is 0. The van der Waals surface area contributed by atoms with Gasteiger partial charge in [-0.1, -0.05) is 6.07 Å². The highest BCUT2D eigenvalue weighted by molar-refractivity contribution is 5.30. The number of nitrogens with one attached hydrogen (secondary N) is 1. The van der Waals surface area contributed by atoms with Crippen LogP contribution in [0.25, 0.3) is 5.82 Å². The second-order valence-electron chi connectivity index (χ2n) is 4.90. The maximum Gasteiger partial charge on any atom is 0.153 e. The number of aromatic nitrogens is 3. The standard InChI is InChI=1S/C14H18N4/c1-10-12(9-15-2)5-6-14(16-10)18-8-7-13(17-18)11-3-4-11/h5-8,11,15H,3-4,9H2,1-2H3. The molecule has 0 bridgehead atoms. The summed E-state index contributed by atoms with van der Waals surface area (Å²) in [6.45, 7) is 2.90. The first-order valence-electron chi connectivity index (χ1n) is 6.45. The van der Waals surface area contributed by atoms with Gasteiger partial charge in [0.25, 0.3) is 0 Å². The van der Waals surface area contributed by atoms with E-state index in [1.165, 1.54) is 24.1 Å². The number of nitrogens with zero attached hydrogens (tertiary/aromatic N) is 3. The number of hydrogen-bond acceptors (Lipinski definition) is 3. The fourth-order valence-corrected chi connectivity index (χ4v) is 2.14. The predicted molar refractivity (Wildman–Crippen MR) is 70.8 cm³/mol. The summed E-state index contributed by atoms with van der Waals surface area (Å²) in [4.78, 5) is 4.62. The quantitative estimate of drug-likeness (QED) is 0.893. The van der Waals surface area contributed by atoms with E-state index in [9.17, 15) is 0 Å². The largest absolute Gasteiger partial charge is 0.316 e. The van der Waals surface area contributed by atoms with Crippen LogP contribution in [0.5, 0.6) is 0 Å². The average molecular weight is 242 g/mol. The lowest BCUT2D eigenvalue weighted by atomic mass is 10.2. The van der Waals surface area contributed by atoms with Crippen molar-refractivity contribution < 1.29 is 0 Å². The van der Waals surface area contributed by atoms with Crippen molar-refractivity contribution in [3.05, 3.63) is 41.3 Å². The topological polar surface area (TPSA) is 42.7 Å². The van der Waals surface area contributed by atoms with E-state index in [-0.39, 0.29) is 0 Å². The molecule has 0 saturated heterocycles. The normalized spacial score (nSPS) is 15.0. The second kappa shape index (κ2) is 4.53. The van der Waals surface area contributed by atoms with E-state index >= 15 is 0 Å². The fourth-order valence-electron chi connectivity index (χ4n) is 2.14. The maximum absolute atomic E-state index is 4.62. The van der Waals surface area contributed by atoms with Crippen LogP contribution < -0.4 is 5.32 Å². The fraction of sp³-hybridized carbons (Fsp3) is 0.429. The third kappa shape index (κ3) is 2.16. The summed E-state index contributed by atoms with van der Waals surface area (Å²) in [7, 11) is 1.95. The van der Waals surface area contributed by atoms with Crippen molar-refractivity contribution >= 4 is 0 Å². The molecule has 4 heteroatoms. The Morgan fingerprint density at radius 3 is 2.83 bits per heavy atom. The van der Waals surface area contributed by atoms with Crippen LogP contribution in [0.4, 0.5) is 0 Å². The number of aryl methyl sites for hydroxylation is 1. The van der Waals surface area contributed by atoms with Crippen LogP contribution in [0, 0.1) is 6.92 Å². The van der Waals surface area contributed by atoms with E-state index in [2.05, 4.69) is 27.5 Å². The predicted octanol–water partition coefficient (Wildman–Crippen LogP) is 2.17. The highest BCUT2D eigenvalue weighted by Gasteiger charge is 2.25. The molecule has 18 heavy (non-hydrogen) atoms. The molecule has 0 amide bonds. The van der Waals surface area contributed by atoms with Crippen molar-refractivity contribution in [3.63, 3.8) is 0 Å². The third-order valence-electron chi connectivity index (χ3n) is 3.39. The van der Waals surface area contributed by atoms with Gasteiger partial charge in [0.05, 0.1) is 5.69 Å². The molecule has 2 heterocycles. The van der Waals surface area contributed by atoms with Crippen LogP contribution in [0.1, 0.15) is 35.7 Å². The van der Waals surface area contributed by atoms with Crippen LogP contribution in [0.2, 0.25) is 0 Å². The van der Waals surface area contributed by atoms with Crippen molar-refractivity contribution in [1.29, 1.82) is 0 Å². The lowest BCUT2D eigenvalue weighted by Gasteiger charge is -2.07. The molecule has 0 radical (unpaired) electrons. The monoisotopic (exact) mass is 242 g/mol. The maximum atomic E-state index is 4.62. The first-order chi connectivity index (χ1) is 8.78. The number of rotatable bonds is 4. The SMILES string of the molecule is CNCc1ccc(-n2ccc(C3CC3)n2)nc1C. The molecule has 0 aliphatic heterocycles. The molecule has 0 unspecified atom stereocenters. The molecule has 2 aromatic rings. The molecule has 1 saturated carbocycles. The Kier molecular flexibility index (Phi) is 2.88. The molecule has 0 spiro atoms. The summed E-state index contributed by atoms with van der Waals surface area (Å²) in [5, 5.41) is 7.75. The van der Waals surface area contributed by atoms with E-state index < -0.39 is 0 Å². The van der Waals surface area contributed by atoms with E-state index in [0.29, 0.717) is 5.92 Å². The lowest BCUT2D eigenvalue weighted by molar-refractivity contribution is 0.781.